The van der Waals surface area contributed by atoms with E-state index < -0.39 is 11.4 Å². The number of ketones is 1. The molecule has 2 aromatic carbocycles. The van der Waals surface area contributed by atoms with Crippen LogP contribution in [0.15, 0.2) is 42.5 Å². The van der Waals surface area contributed by atoms with Crippen molar-refractivity contribution < 1.29 is 23.9 Å². The Balaban J connectivity index is 1.57. The highest BCUT2D eigenvalue weighted by atomic mass is 32.2. The fourth-order valence-electron chi connectivity index (χ4n) is 3.17. The van der Waals surface area contributed by atoms with Crippen molar-refractivity contribution in [1.82, 2.24) is 0 Å². The number of hydrogen-bond donors (Lipinski definition) is 1. The molecule has 1 aliphatic rings. The molecule has 0 saturated heterocycles. The molecule has 0 bridgehead atoms. The van der Waals surface area contributed by atoms with E-state index in [1.165, 1.54) is 16.7 Å². The topological polar surface area (TPSA) is 84.9 Å². The molecule has 7 nitrogen and oxygen atoms in total. The molecular weight excluding hydrogens is 416 g/mol. The molecule has 2 unspecified atom stereocenters. The van der Waals surface area contributed by atoms with Gasteiger partial charge in [0.05, 0.1) is 23.3 Å². The summed E-state index contributed by atoms with van der Waals surface area (Å²) >= 11 is 1.26. The first-order chi connectivity index (χ1) is 14.8. The molecule has 3 rings (SSSR count). The average Bonchev–Trinajstić information content (AvgIpc) is 2.77. The maximum Gasteiger partial charge on any atom is 0.267 e. The van der Waals surface area contributed by atoms with Crippen LogP contribution in [0.5, 0.6) is 11.5 Å². The first kappa shape index (κ1) is 22.7. The number of anilines is 2. The van der Waals surface area contributed by atoms with E-state index in [9.17, 15) is 14.4 Å². The largest absolute Gasteiger partial charge is 0.494 e. The Labute approximate surface area is 186 Å². The van der Waals surface area contributed by atoms with Gasteiger partial charge in [0.2, 0.25) is 5.91 Å². The minimum absolute atomic E-state index is 0.110. The molecule has 1 heterocycles. The normalized spacial score (nSPS) is 16.2. The van der Waals surface area contributed by atoms with Crippen LogP contribution in [0.4, 0.5) is 11.4 Å². The molecule has 0 radical (unpaired) electrons. The first-order valence-corrected chi connectivity index (χ1v) is 11.1. The van der Waals surface area contributed by atoms with Gasteiger partial charge in [0, 0.05) is 18.3 Å². The van der Waals surface area contributed by atoms with Gasteiger partial charge in [-0.25, -0.2) is 0 Å². The van der Waals surface area contributed by atoms with Gasteiger partial charge in [0.15, 0.2) is 11.9 Å². The standard InChI is InChI=1S/C23H26N2O5S/c1-5-29-18-9-7-17(8-10-18)24-21(26)13-31-15(3)22(27)16-6-11-20-19(12-16)25(4)23(28)14(2)30-20/h6-12,14-15H,5,13H2,1-4H3,(H,24,26). The summed E-state index contributed by atoms with van der Waals surface area (Å²) < 4.78 is 11.0. The van der Waals surface area contributed by atoms with Crippen LogP contribution >= 0.6 is 11.8 Å². The second-order valence-electron chi connectivity index (χ2n) is 7.16. The Bertz CT molecular complexity index is 976. The second-order valence-corrected chi connectivity index (χ2v) is 8.49. The highest BCUT2D eigenvalue weighted by Crippen LogP contribution is 2.34. The zero-order valence-corrected chi connectivity index (χ0v) is 18.8. The van der Waals surface area contributed by atoms with Gasteiger partial charge in [0.25, 0.3) is 5.91 Å². The Kier molecular flexibility index (Phi) is 7.22. The van der Waals surface area contributed by atoms with Crippen LogP contribution in [-0.2, 0) is 9.59 Å². The predicted molar refractivity (Wildman–Crippen MR) is 122 cm³/mol. The number of thioether (sulfide) groups is 1. The maximum atomic E-state index is 12.8. The molecule has 1 aliphatic heterocycles. The highest BCUT2D eigenvalue weighted by molar-refractivity contribution is 8.01. The van der Waals surface area contributed by atoms with Gasteiger partial charge in [-0.15, -0.1) is 11.8 Å². The van der Waals surface area contributed by atoms with Crippen molar-refractivity contribution >= 4 is 40.7 Å². The summed E-state index contributed by atoms with van der Waals surface area (Å²) in [6.45, 7) is 5.95. The lowest BCUT2D eigenvalue weighted by Crippen LogP contribution is -2.42. The summed E-state index contributed by atoms with van der Waals surface area (Å²) in [5, 5.41) is 2.39. The number of hydrogen-bond acceptors (Lipinski definition) is 6. The zero-order valence-electron chi connectivity index (χ0n) is 18.0. The number of ether oxygens (including phenoxy) is 2. The third kappa shape index (κ3) is 5.38. The number of carbonyl (C=O) groups is 3. The molecule has 164 valence electrons. The Morgan fingerprint density at radius 3 is 2.61 bits per heavy atom. The van der Waals surface area contributed by atoms with Gasteiger partial charge in [-0.05, 0) is 63.2 Å². The van der Waals surface area contributed by atoms with Gasteiger partial charge >= 0.3 is 0 Å². The van der Waals surface area contributed by atoms with E-state index in [-0.39, 0.29) is 23.4 Å². The number of carbonyl (C=O) groups excluding carboxylic acids is 3. The third-order valence-corrected chi connectivity index (χ3v) is 6.01. The highest BCUT2D eigenvalue weighted by Gasteiger charge is 2.30. The van der Waals surface area contributed by atoms with E-state index in [2.05, 4.69) is 5.32 Å². The molecule has 31 heavy (non-hydrogen) atoms. The van der Waals surface area contributed by atoms with E-state index in [0.29, 0.717) is 29.3 Å². The van der Waals surface area contributed by atoms with E-state index >= 15 is 0 Å². The van der Waals surface area contributed by atoms with Crippen molar-refractivity contribution in [2.45, 2.75) is 32.1 Å². The van der Waals surface area contributed by atoms with Gasteiger partial charge in [-0.3, -0.25) is 14.4 Å². The van der Waals surface area contributed by atoms with Crippen LogP contribution in [0.3, 0.4) is 0 Å². The molecule has 1 N–H and O–H groups in total. The van der Waals surface area contributed by atoms with Crippen LogP contribution in [0.25, 0.3) is 0 Å². The van der Waals surface area contributed by atoms with Gasteiger partial charge in [0.1, 0.15) is 11.5 Å². The molecule has 2 aromatic rings. The SMILES string of the molecule is CCOc1ccc(NC(=O)CSC(C)C(=O)c2ccc3c(c2)N(C)C(=O)C(C)O3)cc1. The van der Waals surface area contributed by atoms with Crippen LogP contribution in [0, 0.1) is 0 Å². The number of benzene rings is 2. The average molecular weight is 443 g/mol. The summed E-state index contributed by atoms with van der Waals surface area (Å²) in [6.07, 6.45) is -0.553. The summed E-state index contributed by atoms with van der Waals surface area (Å²) in [5.74, 6) is 0.996. The quantitative estimate of drug-likeness (QED) is 0.627. The number of rotatable bonds is 8. The lowest BCUT2D eigenvalue weighted by molar-refractivity contribution is -0.125. The number of likely N-dealkylation sites (N-methyl/N-ethyl adjacent to an activating group) is 1. The fourth-order valence-corrected chi connectivity index (χ4v) is 3.94. The van der Waals surface area contributed by atoms with Crippen LogP contribution in [0.2, 0.25) is 0 Å². The van der Waals surface area contributed by atoms with Crippen molar-refractivity contribution in [3.63, 3.8) is 0 Å². The fraction of sp³-hybridized carbons (Fsp3) is 0.348. The molecule has 2 atom stereocenters. The third-order valence-electron chi connectivity index (χ3n) is 4.87. The van der Waals surface area contributed by atoms with Crippen molar-refractivity contribution in [3.8, 4) is 11.5 Å². The molecule has 0 fully saturated rings. The molecule has 0 spiro atoms. The molecule has 8 heteroatoms. The van der Waals surface area contributed by atoms with E-state index in [1.54, 1.807) is 63.4 Å². The van der Waals surface area contributed by atoms with E-state index in [0.717, 1.165) is 5.75 Å². The Morgan fingerprint density at radius 2 is 1.94 bits per heavy atom. The van der Waals surface area contributed by atoms with E-state index in [4.69, 9.17) is 9.47 Å². The number of fused-ring (bicyclic) bond motifs is 1. The van der Waals surface area contributed by atoms with Crippen molar-refractivity contribution in [2.24, 2.45) is 0 Å². The van der Waals surface area contributed by atoms with E-state index in [1.807, 2.05) is 6.92 Å². The summed E-state index contributed by atoms with van der Waals surface area (Å²) in [7, 11) is 1.66. The van der Waals surface area contributed by atoms with Crippen molar-refractivity contribution in [2.75, 3.05) is 29.6 Å². The number of nitrogens with one attached hydrogen (secondary N) is 1. The van der Waals surface area contributed by atoms with Gasteiger partial charge in [-0.2, -0.15) is 0 Å². The minimum Gasteiger partial charge on any atom is -0.494 e. The van der Waals surface area contributed by atoms with Gasteiger partial charge in [-0.1, -0.05) is 0 Å². The lowest BCUT2D eigenvalue weighted by Gasteiger charge is -2.30. The molecule has 2 amide bonds. The smallest absolute Gasteiger partial charge is 0.267 e. The van der Waals surface area contributed by atoms with Crippen molar-refractivity contribution in [1.29, 1.82) is 0 Å². The van der Waals surface area contributed by atoms with Crippen LogP contribution in [0.1, 0.15) is 31.1 Å². The molecular formula is C23H26N2O5S. The lowest BCUT2D eigenvalue weighted by atomic mass is 10.1. The number of nitrogens with zero attached hydrogens (tertiary/aromatic N) is 1. The summed E-state index contributed by atoms with van der Waals surface area (Å²) in [6, 6.07) is 12.2. The number of Topliss-reactive ketones (excluding diaryl/α,β-unsaturated/α-hetero) is 1. The summed E-state index contributed by atoms with van der Waals surface area (Å²) in [5.41, 5.74) is 1.72. The molecule has 0 aliphatic carbocycles. The van der Waals surface area contributed by atoms with Crippen LogP contribution in [-0.4, -0.2) is 48.4 Å². The number of amides is 2. The molecule has 0 saturated carbocycles. The predicted octanol–water partition coefficient (Wildman–Crippen LogP) is 3.77. The molecule has 0 aromatic heterocycles. The summed E-state index contributed by atoms with van der Waals surface area (Å²) in [4.78, 5) is 38.7. The van der Waals surface area contributed by atoms with Crippen LogP contribution < -0.4 is 19.7 Å². The first-order valence-electron chi connectivity index (χ1n) is 10.1. The Morgan fingerprint density at radius 1 is 1.23 bits per heavy atom. The minimum atomic E-state index is -0.553. The second kappa shape index (κ2) is 9.87. The zero-order chi connectivity index (χ0) is 22.5. The monoisotopic (exact) mass is 442 g/mol. The van der Waals surface area contributed by atoms with Gasteiger partial charge < -0.3 is 19.7 Å². The Hall–Kier alpha value is -3.00. The maximum absolute atomic E-state index is 12.8. The van der Waals surface area contributed by atoms with Crippen molar-refractivity contribution in [3.05, 3.63) is 48.0 Å².